The number of amides is 1. The monoisotopic (exact) mass is 357 g/mol. The van der Waals surface area contributed by atoms with E-state index in [1.54, 1.807) is 37.1 Å². The number of hydrogen-bond acceptors (Lipinski definition) is 5. The van der Waals surface area contributed by atoms with E-state index in [9.17, 15) is 14.9 Å². The van der Waals surface area contributed by atoms with Gasteiger partial charge in [0.1, 0.15) is 5.75 Å². The van der Waals surface area contributed by atoms with Crippen LogP contribution in [0.5, 0.6) is 5.75 Å². The molecule has 2 aromatic rings. The van der Waals surface area contributed by atoms with Crippen LogP contribution in [0.25, 0.3) is 0 Å². The third-order valence-corrected chi connectivity index (χ3v) is 4.10. The summed E-state index contributed by atoms with van der Waals surface area (Å²) in [6.07, 6.45) is 0. The number of nitro benzene ring substituents is 1. The van der Waals surface area contributed by atoms with E-state index in [0.717, 1.165) is 11.3 Å². The van der Waals surface area contributed by atoms with Crippen molar-refractivity contribution in [2.45, 2.75) is 13.5 Å². The van der Waals surface area contributed by atoms with Gasteiger partial charge in [-0.2, -0.15) is 0 Å². The number of carbonyl (C=O) groups excluding carboxylic acids is 1. The number of methoxy groups -OCH3 is 1. The largest absolute Gasteiger partial charge is 0.497 e. The third-order valence-electron chi connectivity index (χ3n) is 4.10. The third kappa shape index (κ3) is 4.30. The molecule has 0 radical (unpaired) electrons. The Hall–Kier alpha value is -3.09. The van der Waals surface area contributed by atoms with E-state index < -0.39 is 4.92 Å². The average Bonchev–Trinajstić information content (AvgIpc) is 2.65. The van der Waals surface area contributed by atoms with Crippen LogP contribution in [-0.4, -0.2) is 43.5 Å². The van der Waals surface area contributed by atoms with Crippen molar-refractivity contribution in [2.24, 2.45) is 0 Å². The first-order chi connectivity index (χ1) is 12.4. The molecule has 0 saturated carbocycles. The maximum Gasteiger partial charge on any atom is 0.270 e. The Bertz CT molecular complexity index is 788. The summed E-state index contributed by atoms with van der Waals surface area (Å²) in [5.41, 5.74) is 1.82. The first-order valence-corrected chi connectivity index (χ1v) is 8.25. The second-order valence-electron chi connectivity index (χ2n) is 6.02. The lowest BCUT2D eigenvalue weighted by Gasteiger charge is -2.24. The molecule has 0 bridgehead atoms. The summed E-state index contributed by atoms with van der Waals surface area (Å²) < 4.78 is 5.15. The lowest BCUT2D eigenvalue weighted by molar-refractivity contribution is -0.384. The molecule has 0 fully saturated rings. The molecule has 0 heterocycles. The van der Waals surface area contributed by atoms with Crippen molar-refractivity contribution in [3.63, 3.8) is 0 Å². The maximum absolute atomic E-state index is 13.1. The van der Waals surface area contributed by atoms with Crippen molar-refractivity contribution >= 4 is 17.3 Å². The van der Waals surface area contributed by atoms with Crippen molar-refractivity contribution in [3.8, 4) is 5.75 Å². The molecule has 0 N–H and O–H groups in total. The fourth-order valence-electron chi connectivity index (χ4n) is 2.65. The van der Waals surface area contributed by atoms with Crippen molar-refractivity contribution in [1.29, 1.82) is 0 Å². The number of nitro groups is 1. The number of rotatable bonds is 7. The van der Waals surface area contributed by atoms with Gasteiger partial charge in [0.15, 0.2) is 0 Å². The summed E-state index contributed by atoms with van der Waals surface area (Å²) in [4.78, 5) is 27.1. The van der Waals surface area contributed by atoms with E-state index in [4.69, 9.17) is 4.74 Å². The number of nitrogens with zero attached hydrogens (tertiary/aromatic N) is 3. The number of benzene rings is 2. The zero-order chi connectivity index (χ0) is 19.3. The van der Waals surface area contributed by atoms with Crippen molar-refractivity contribution < 1.29 is 14.5 Å². The Labute approximate surface area is 152 Å². The normalized spacial score (nSPS) is 10.3. The highest BCUT2D eigenvalue weighted by Crippen LogP contribution is 2.26. The number of ether oxygens (including phenoxy) is 1. The van der Waals surface area contributed by atoms with E-state index >= 15 is 0 Å². The number of hydrogen-bond donors (Lipinski definition) is 0. The van der Waals surface area contributed by atoms with Gasteiger partial charge in [-0.1, -0.05) is 12.1 Å². The van der Waals surface area contributed by atoms with E-state index in [1.165, 1.54) is 12.1 Å². The van der Waals surface area contributed by atoms with Gasteiger partial charge in [-0.15, -0.1) is 0 Å². The van der Waals surface area contributed by atoms with Gasteiger partial charge in [0, 0.05) is 45.0 Å². The van der Waals surface area contributed by atoms with Gasteiger partial charge in [0.05, 0.1) is 17.6 Å². The number of anilines is 1. The van der Waals surface area contributed by atoms with E-state index in [1.807, 2.05) is 31.2 Å². The van der Waals surface area contributed by atoms with Gasteiger partial charge in [0.2, 0.25) is 0 Å². The molecule has 0 atom stereocenters. The molecule has 0 saturated heterocycles. The lowest BCUT2D eigenvalue weighted by atomic mass is 10.1. The second-order valence-corrected chi connectivity index (χ2v) is 6.02. The smallest absolute Gasteiger partial charge is 0.270 e. The molecule has 0 aliphatic rings. The van der Waals surface area contributed by atoms with Crippen LogP contribution < -0.4 is 9.64 Å². The zero-order valence-corrected chi connectivity index (χ0v) is 15.4. The predicted molar refractivity (Wildman–Crippen MR) is 101 cm³/mol. The first kappa shape index (κ1) is 19.2. The summed E-state index contributed by atoms with van der Waals surface area (Å²) in [5, 5.41) is 11.1. The Kier molecular flexibility index (Phi) is 6.16. The van der Waals surface area contributed by atoms with Crippen LogP contribution >= 0.6 is 0 Å². The van der Waals surface area contributed by atoms with Crippen molar-refractivity contribution in [1.82, 2.24) is 4.90 Å². The van der Waals surface area contributed by atoms with Gasteiger partial charge in [-0.05, 0) is 30.7 Å². The molecule has 2 aromatic carbocycles. The van der Waals surface area contributed by atoms with Gasteiger partial charge >= 0.3 is 0 Å². The van der Waals surface area contributed by atoms with Crippen molar-refractivity contribution in [3.05, 3.63) is 63.7 Å². The topological polar surface area (TPSA) is 75.9 Å². The minimum Gasteiger partial charge on any atom is -0.497 e. The summed E-state index contributed by atoms with van der Waals surface area (Å²) >= 11 is 0. The molecular weight excluding hydrogens is 334 g/mol. The molecule has 1 amide bonds. The van der Waals surface area contributed by atoms with Crippen LogP contribution in [0.4, 0.5) is 11.4 Å². The molecule has 0 spiro atoms. The molecule has 26 heavy (non-hydrogen) atoms. The first-order valence-electron chi connectivity index (χ1n) is 8.25. The van der Waals surface area contributed by atoms with Gasteiger partial charge in [-0.3, -0.25) is 14.9 Å². The highest BCUT2D eigenvalue weighted by atomic mass is 16.6. The van der Waals surface area contributed by atoms with Crippen LogP contribution in [0, 0.1) is 10.1 Å². The highest BCUT2D eigenvalue weighted by molar-refractivity contribution is 6.00. The van der Waals surface area contributed by atoms with Crippen LogP contribution in [-0.2, 0) is 6.54 Å². The molecule has 138 valence electrons. The van der Waals surface area contributed by atoms with E-state index in [2.05, 4.69) is 0 Å². The molecule has 7 nitrogen and oxygen atoms in total. The van der Waals surface area contributed by atoms with Crippen LogP contribution in [0.3, 0.4) is 0 Å². The standard InChI is InChI=1S/C19H23N3O4/c1-5-21(13-14-6-9-16(26-4)10-7-14)19(23)17-12-15(22(24)25)8-11-18(17)20(2)3/h6-12H,5,13H2,1-4H3. The lowest BCUT2D eigenvalue weighted by Crippen LogP contribution is -2.31. The number of non-ortho nitro benzene ring substituents is 1. The Morgan fingerprint density at radius 3 is 2.31 bits per heavy atom. The highest BCUT2D eigenvalue weighted by Gasteiger charge is 2.22. The summed E-state index contributed by atoms with van der Waals surface area (Å²) in [6.45, 7) is 2.78. The quantitative estimate of drug-likeness (QED) is 0.561. The Balaban J connectivity index is 2.33. The predicted octanol–water partition coefficient (Wildman–Crippen LogP) is 3.33. The second kappa shape index (κ2) is 8.33. The Morgan fingerprint density at radius 2 is 1.81 bits per heavy atom. The average molecular weight is 357 g/mol. The summed E-state index contributed by atoms with van der Waals surface area (Å²) in [5.74, 6) is 0.507. The maximum atomic E-state index is 13.1. The van der Waals surface area contributed by atoms with E-state index in [-0.39, 0.29) is 11.6 Å². The van der Waals surface area contributed by atoms with Gasteiger partial charge in [-0.25, -0.2) is 0 Å². The minimum atomic E-state index is -0.490. The summed E-state index contributed by atoms with van der Waals surface area (Å²) in [7, 11) is 5.21. The fourth-order valence-corrected chi connectivity index (χ4v) is 2.65. The molecular formula is C19H23N3O4. The van der Waals surface area contributed by atoms with Crippen molar-refractivity contribution in [2.75, 3.05) is 32.6 Å². The van der Waals surface area contributed by atoms with Gasteiger partial charge in [0.25, 0.3) is 11.6 Å². The summed E-state index contributed by atoms with van der Waals surface area (Å²) in [6, 6.07) is 11.8. The minimum absolute atomic E-state index is 0.0977. The molecule has 0 aromatic heterocycles. The molecule has 0 aliphatic carbocycles. The van der Waals surface area contributed by atoms with Crippen LogP contribution in [0.1, 0.15) is 22.8 Å². The Morgan fingerprint density at radius 1 is 1.15 bits per heavy atom. The SMILES string of the molecule is CCN(Cc1ccc(OC)cc1)C(=O)c1cc([N+](=O)[O-])ccc1N(C)C. The molecule has 2 rings (SSSR count). The molecule has 0 aliphatic heterocycles. The van der Waals surface area contributed by atoms with Crippen LogP contribution in [0.2, 0.25) is 0 Å². The molecule has 0 unspecified atom stereocenters. The van der Waals surface area contributed by atoms with Gasteiger partial charge < -0.3 is 14.5 Å². The molecule has 7 heteroatoms. The van der Waals surface area contributed by atoms with E-state index in [0.29, 0.717) is 24.3 Å². The fraction of sp³-hybridized carbons (Fsp3) is 0.316. The number of carbonyl (C=O) groups is 1. The zero-order valence-electron chi connectivity index (χ0n) is 15.4. The van der Waals surface area contributed by atoms with Crippen LogP contribution in [0.15, 0.2) is 42.5 Å².